The number of benzene rings is 1. The second-order valence-electron chi connectivity index (χ2n) is 6.80. The fourth-order valence-electron chi connectivity index (χ4n) is 3.99. The van der Waals surface area contributed by atoms with E-state index in [-0.39, 0.29) is 0 Å². The Morgan fingerprint density at radius 2 is 2.00 bits per heavy atom. The molecule has 1 aliphatic rings. The zero-order valence-electron chi connectivity index (χ0n) is 13.6. The van der Waals surface area contributed by atoms with Crippen LogP contribution >= 0.6 is 0 Å². The monoisotopic (exact) mass is 285 g/mol. The second-order valence-corrected chi connectivity index (χ2v) is 6.80. The molecule has 0 saturated heterocycles. The Morgan fingerprint density at radius 1 is 1.24 bits per heavy atom. The minimum Gasteiger partial charge on any atom is -0.324 e. The van der Waals surface area contributed by atoms with Crippen LogP contribution in [0.1, 0.15) is 45.0 Å². The number of likely N-dealkylation sites (N-methyl/N-ethyl adjacent to an activating group) is 1. The summed E-state index contributed by atoms with van der Waals surface area (Å²) in [5, 5.41) is 3.55. The fraction of sp³-hybridized carbons (Fsp3) is 0.611. The summed E-state index contributed by atoms with van der Waals surface area (Å²) in [5.74, 6) is 2.73. The van der Waals surface area contributed by atoms with Crippen LogP contribution in [0.25, 0.3) is 11.0 Å². The number of hydrogen-bond acceptors (Lipinski definition) is 2. The van der Waals surface area contributed by atoms with Crippen LogP contribution in [0.5, 0.6) is 0 Å². The molecule has 0 spiro atoms. The van der Waals surface area contributed by atoms with Gasteiger partial charge in [0, 0.05) is 6.04 Å². The summed E-state index contributed by atoms with van der Waals surface area (Å²) < 4.78 is 2.48. The zero-order chi connectivity index (χ0) is 15.0. The van der Waals surface area contributed by atoms with E-state index >= 15 is 0 Å². The lowest BCUT2D eigenvalue weighted by Crippen LogP contribution is -2.41. The topological polar surface area (TPSA) is 29.9 Å². The largest absolute Gasteiger partial charge is 0.324 e. The van der Waals surface area contributed by atoms with Gasteiger partial charge in [-0.2, -0.15) is 0 Å². The average Bonchev–Trinajstić information content (AvgIpc) is 2.82. The number of rotatable bonds is 3. The molecular weight excluding hydrogens is 258 g/mol. The molecule has 1 heterocycles. The van der Waals surface area contributed by atoms with E-state index in [1.807, 2.05) is 0 Å². The Balaban J connectivity index is 2.03. The molecule has 3 unspecified atom stereocenters. The first-order valence-corrected chi connectivity index (χ1v) is 8.22. The molecule has 114 valence electrons. The van der Waals surface area contributed by atoms with Gasteiger partial charge in [-0.25, -0.2) is 4.98 Å². The van der Waals surface area contributed by atoms with Crippen LogP contribution in [0.4, 0.5) is 0 Å². The summed E-state index contributed by atoms with van der Waals surface area (Å²) in [7, 11) is 2.10. The van der Waals surface area contributed by atoms with Crippen LogP contribution in [0.2, 0.25) is 0 Å². The number of para-hydroxylation sites is 2. The Hall–Kier alpha value is -1.35. The van der Waals surface area contributed by atoms with Gasteiger partial charge in [-0.05, 0) is 57.2 Å². The molecule has 1 saturated carbocycles. The molecule has 1 aromatic heterocycles. The highest BCUT2D eigenvalue weighted by atomic mass is 15.1. The van der Waals surface area contributed by atoms with Crippen molar-refractivity contribution >= 4 is 11.0 Å². The summed E-state index contributed by atoms with van der Waals surface area (Å²) in [5.41, 5.74) is 2.40. The average molecular weight is 285 g/mol. The number of aromatic nitrogens is 2. The summed E-state index contributed by atoms with van der Waals surface area (Å²) in [6.45, 7) is 6.87. The van der Waals surface area contributed by atoms with Crippen LogP contribution in [0.3, 0.4) is 0 Å². The first kappa shape index (κ1) is 14.6. The van der Waals surface area contributed by atoms with Crippen molar-refractivity contribution in [3.05, 3.63) is 30.1 Å². The van der Waals surface area contributed by atoms with Crippen molar-refractivity contribution in [3.8, 4) is 0 Å². The van der Waals surface area contributed by atoms with Gasteiger partial charge in [0.25, 0.3) is 0 Å². The Kier molecular flexibility index (Phi) is 4.03. The SMILES string of the molecule is CNC1CCC(C(C)C)CC1n1c(C)nc2ccccc21. The molecule has 0 amide bonds. The lowest BCUT2D eigenvalue weighted by atomic mass is 9.76. The van der Waals surface area contributed by atoms with Crippen LogP contribution in [0, 0.1) is 18.8 Å². The van der Waals surface area contributed by atoms with E-state index in [9.17, 15) is 0 Å². The molecule has 1 N–H and O–H groups in total. The molecule has 1 aromatic carbocycles. The molecule has 2 aromatic rings. The number of hydrogen-bond donors (Lipinski definition) is 1. The Bertz CT molecular complexity index is 614. The third kappa shape index (κ3) is 2.59. The van der Waals surface area contributed by atoms with Gasteiger partial charge in [-0.3, -0.25) is 0 Å². The highest BCUT2D eigenvalue weighted by Gasteiger charge is 2.33. The molecule has 0 radical (unpaired) electrons. The highest BCUT2D eigenvalue weighted by Crippen LogP contribution is 2.38. The van der Waals surface area contributed by atoms with Crippen molar-refractivity contribution in [1.29, 1.82) is 0 Å². The summed E-state index contributed by atoms with van der Waals surface area (Å²) >= 11 is 0. The van der Waals surface area contributed by atoms with Gasteiger partial charge in [0.05, 0.1) is 17.1 Å². The quantitative estimate of drug-likeness (QED) is 0.926. The zero-order valence-corrected chi connectivity index (χ0v) is 13.6. The molecule has 3 rings (SSSR count). The van der Waals surface area contributed by atoms with E-state index in [0.717, 1.165) is 23.2 Å². The maximum atomic E-state index is 4.76. The predicted octanol–water partition coefficient (Wildman–Crippen LogP) is 3.93. The Labute approximate surface area is 127 Å². The first-order chi connectivity index (χ1) is 10.1. The smallest absolute Gasteiger partial charge is 0.107 e. The van der Waals surface area contributed by atoms with E-state index in [0.29, 0.717) is 12.1 Å². The number of fused-ring (bicyclic) bond motifs is 1. The summed E-state index contributed by atoms with van der Waals surface area (Å²) in [4.78, 5) is 4.76. The van der Waals surface area contributed by atoms with Crippen LogP contribution in [-0.2, 0) is 0 Å². The second kappa shape index (κ2) is 5.80. The molecule has 3 heteroatoms. The maximum absolute atomic E-state index is 4.76. The molecule has 3 nitrogen and oxygen atoms in total. The van der Waals surface area contributed by atoms with E-state index in [2.05, 4.69) is 62.0 Å². The summed E-state index contributed by atoms with van der Waals surface area (Å²) in [6.07, 6.45) is 3.85. The van der Waals surface area contributed by atoms with Gasteiger partial charge in [0.1, 0.15) is 5.82 Å². The van der Waals surface area contributed by atoms with Crippen molar-refractivity contribution in [2.45, 2.75) is 52.1 Å². The third-order valence-corrected chi connectivity index (χ3v) is 5.27. The van der Waals surface area contributed by atoms with Gasteiger partial charge < -0.3 is 9.88 Å². The minimum absolute atomic E-state index is 0.517. The number of nitrogens with one attached hydrogen (secondary N) is 1. The van der Waals surface area contributed by atoms with Gasteiger partial charge in [-0.1, -0.05) is 26.0 Å². The molecule has 21 heavy (non-hydrogen) atoms. The van der Waals surface area contributed by atoms with E-state index in [1.165, 1.54) is 24.8 Å². The predicted molar refractivity (Wildman–Crippen MR) is 88.5 cm³/mol. The minimum atomic E-state index is 0.517. The van der Waals surface area contributed by atoms with Gasteiger partial charge >= 0.3 is 0 Å². The normalized spacial score (nSPS) is 26.6. The molecule has 0 bridgehead atoms. The van der Waals surface area contributed by atoms with Crippen molar-refractivity contribution in [2.75, 3.05) is 7.05 Å². The Morgan fingerprint density at radius 3 is 2.71 bits per heavy atom. The van der Waals surface area contributed by atoms with Gasteiger partial charge in [0.2, 0.25) is 0 Å². The van der Waals surface area contributed by atoms with Crippen molar-refractivity contribution in [2.24, 2.45) is 11.8 Å². The van der Waals surface area contributed by atoms with Crippen LogP contribution < -0.4 is 5.32 Å². The highest BCUT2D eigenvalue weighted by molar-refractivity contribution is 5.76. The maximum Gasteiger partial charge on any atom is 0.107 e. The number of aryl methyl sites for hydroxylation is 1. The molecule has 3 atom stereocenters. The van der Waals surface area contributed by atoms with Crippen molar-refractivity contribution in [1.82, 2.24) is 14.9 Å². The van der Waals surface area contributed by atoms with E-state index in [1.54, 1.807) is 0 Å². The lowest BCUT2D eigenvalue weighted by Gasteiger charge is -2.39. The molecular formula is C18H27N3. The van der Waals surface area contributed by atoms with Crippen LogP contribution in [0.15, 0.2) is 24.3 Å². The standard InChI is InChI=1S/C18H27N3/c1-12(2)14-9-10-15(19-4)18(11-14)21-13(3)20-16-7-5-6-8-17(16)21/h5-8,12,14-15,18-19H,9-11H2,1-4H3. The van der Waals surface area contributed by atoms with Gasteiger partial charge in [0.15, 0.2) is 0 Å². The molecule has 1 aliphatic carbocycles. The van der Waals surface area contributed by atoms with Crippen molar-refractivity contribution < 1.29 is 0 Å². The van der Waals surface area contributed by atoms with E-state index < -0.39 is 0 Å². The number of imidazole rings is 1. The molecule has 1 fully saturated rings. The fourth-order valence-corrected chi connectivity index (χ4v) is 3.99. The summed E-state index contributed by atoms with van der Waals surface area (Å²) in [6, 6.07) is 9.60. The lowest BCUT2D eigenvalue weighted by molar-refractivity contribution is 0.178. The number of nitrogens with zero attached hydrogens (tertiary/aromatic N) is 2. The van der Waals surface area contributed by atoms with Gasteiger partial charge in [-0.15, -0.1) is 0 Å². The van der Waals surface area contributed by atoms with E-state index in [4.69, 9.17) is 4.98 Å². The third-order valence-electron chi connectivity index (χ3n) is 5.27. The van der Waals surface area contributed by atoms with Crippen LogP contribution in [-0.4, -0.2) is 22.6 Å². The first-order valence-electron chi connectivity index (χ1n) is 8.22. The molecule has 0 aliphatic heterocycles. The van der Waals surface area contributed by atoms with Crippen molar-refractivity contribution in [3.63, 3.8) is 0 Å².